The molecule has 86 valence electrons. The van der Waals surface area contributed by atoms with Gasteiger partial charge < -0.3 is 5.11 Å². The number of thiazole rings is 1. The highest BCUT2D eigenvalue weighted by molar-refractivity contribution is 7.09. The fraction of sp³-hybridized carbons (Fsp3) is 0.231. The first kappa shape index (κ1) is 10.5. The minimum absolute atomic E-state index is 0.354. The molecule has 0 aliphatic heterocycles. The van der Waals surface area contributed by atoms with E-state index in [0.29, 0.717) is 11.5 Å². The van der Waals surface area contributed by atoms with E-state index in [-0.39, 0.29) is 0 Å². The smallest absolute Gasteiger partial charge is 0.335 e. The molecule has 3 nitrogen and oxygen atoms in total. The number of fused-ring (bicyclic) bond motifs is 1. The third kappa shape index (κ3) is 1.74. The van der Waals surface area contributed by atoms with Crippen molar-refractivity contribution in [1.29, 1.82) is 0 Å². The molecule has 1 aromatic carbocycles. The van der Waals surface area contributed by atoms with E-state index in [1.807, 2.05) is 17.6 Å². The van der Waals surface area contributed by atoms with Crippen molar-refractivity contribution >= 4 is 17.3 Å². The van der Waals surface area contributed by atoms with Crippen molar-refractivity contribution in [2.75, 3.05) is 0 Å². The van der Waals surface area contributed by atoms with Crippen LogP contribution in [-0.2, 0) is 6.42 Å². The molecule has 2 aromatic rings. The number of aryl methyl sites for hydroxylation is 1. The van der Waals surface area contributed by atoms with Gasteiger partial charge in [0.1, 0.15) is 0 Å². The van der Waals surface area contributed by atoms with Crippen molar-refractivity contribution in [2.45, 2.75) is 18.8 Å². The van der Waals surface area contributed by atoms with Gasteiger partial charge >= 0.3 is 5.97 Å². The Morgan fingerprint density at radius 3 is 3.06 bits per heavy atom. The summed E-state index contributed by atoms with van der Waals surface area (Å²) in [6.45, 7) is 0. The molecule has 0 fully saturated rings. The maximum Gasteiger partial charge on any atom is 0.335 e. The average Bonchev–Trinajstić information content (AvgIpc) is 2.96. The van der Waals surface area contributed by atoms with Crippen LogP contribution in [0.1, 0.15) is 38.8 Å². The van der Waals surface area contributed by atoms with Crippen molar-refractivity contribution in [3.05, 3.63) is 51.5 Å². The number of carboxylic acid groups (broad SMARTS) is 1. The van der Waals surface area contributed by atoms with Gasteiger partial charge in [-0.25, -0.2) is 9.78 Å². The van der Waals surface area contributed by atoms with Crippen molar-refractivity contribution in [3.8, 4) is 0 Å². The molecule has 0 saturated heterocycles. The van der Waals surface area contributed by atoms with Crippen LogP contribution in [0, 0.1) is 0 Å². The first-order chi connectivity index (χ1) is 8.25. The minimum Gasteiger partial charge on any atom is -0.478 e. The summed E-state index contributed by atoms with van der Waals surface area (Å²) >= 11 is 1.67. The van der Waals surface area contributed by atoms with E-state index in [1.165, 1.54) is 5.56 Å². The number of hydrogen-bond acceptors (Lipinski definition) is 3. The second-order valence-corrected chi connectivity index (χ2v) is 5.11. The van der Waals surface area contributed by atoms with Crippen LogP contribution < -0.4 is 0 Å². The van der Waals surface area contributed by atoms with E-state index in [0.717, 1.165) is 23.4 Å². The van der Waals surface area contributed by atoms with Gasteiger partial charge in [-0.1, -0.05) is 6.07 Å². The van der Waals surface area contributed by atoms with Crippen LogP contribution in [0.15, 0.2) is 29.8 Å². The zero-order chi connectivity index (χ0) is 11.8. The first-order valence-corrected chi connectivity index (χ1v) is 6.39. The molecule has 0 spiro atoms. The average molecular weight is 245 g/mol. The molecule has 0 radical (unpaired) electrons. The van der Waals surface area contributed by atoms with E-state index in [4.69, 9.17) is 5.11 Å². The lowest BCUT2D eigenvalue weighted by Gasteiger charge is -2.08. The van der Waals surface area contributed by atoms with E-state index in [2.05, 4.69) is 4.98 Å². The predicted octanol–water partition coefficient (Wildman–Crippen LogP) is 2.92. The van der Waals surface area contributed by atoms with Crippen molar-refractivity contribution in [1.82, 2.24) is 4.98 Å². The van der Waals surface area contributed by atoms with Gasteiger partial charge in [0.2, 0.25) is 0 Å². The molecule has 1 aliphatic rings. The Kier molecular flexibility index (Phi) is 2.44. The molecular weight excluding hydrogens is 234 g/mol. The number of benzene rings is 1. The number of rotatable bonds is 2. The molecular formula is C13H11NO2S. The monoisotopic (exact) mass is 245 g/mol. The summed E-state index contributed by atoms with van der Waals surface area (Å²) in [4.78, 5) is 15.3. The van der Waals surface area contributed by atoms with Gasteiger partial charge in [-0.2, -0.15) is 0 Å². The van der Waals surface area contributed by atoms with Gasteiger partial charge in [0, 0.05) is 17.5 Å². The summed E-state index contributed by atoms with van der Waals surface area (Å²) in [5, 5.41) is 12.1. The normalized spacial score (nSPS) is 18.0. The second kappa shape index (κ2) is 3.96. The van der Waals surface area contributed by atoms with Crippen molar-refractivity contribution in [3.63, 3.8) is 0 Å². The van der Waals surface area contributed by atoms with E-state index >= 15 is 0 Å². The van der Waals surface area contributed by atoms with E-state index < -0.39 is 5.97 Å². The lowest BCUT2D eigenvalue weighted by Crippen LogP contribution is -1.99. The Morgan fingerprint density at radius 2 is 2.35 bits per heavy atom. The van der Waals surface area contributed by atoms with Crippen LogP contribution in [0.25, 0.3) is 0 Å². The number of aromatic carboxylic acids is 1. The van der Waals surface area contributed by atoms with E-state index in [9.17, 15) is 4.79 Å². The standard InChI is InChI=1S/C13H11NO2S/c15-13(16)9-2-3-10-8(7-9)1-4-11(10)12-14-5-6-17-12/h2-3,5-7,11H,1,4H2,(H,15,16). The van der Waals surface area contributed by atoms with Gasteiger partial charge in [0.25, 0.3) is 0 Å². The van der Waals surface area contributed by atoms with Crippen LogP contribution in [0.2, 0.25) is 0 Å². The fourth-order valence-corrected chi connectivity index (χ4v) is 3.21. The van der Waals surface area contributed by atoms with Crippen LogP contribution in [-0.4, -0.2) is 16.1 Å². The van der Waals surface area contributed by atoms with Crippen LogP contribution in [0.3, 0.4) is 0 Å². The summed E-state index contributed by atoms with van der Waals surface area (Å²) in [6, 6.07) is 5.43. The van der Waals surface area contributed by atoms with E-state index in [1.54, 1.807) is 23.5 Å². The molecule has 3 rings (SSSR count). The second-order valence-electron chi connectivity index (χ2n) is 4.18. The van der Waals surface area contributed by atoms with Gasteiger partial charge in [-0.05, 0) is 36.1 Å². The molecule has 0 saturated carbocycles. The van der Waals surface area contributed by atoms with Gasteiger partial charge in [-0.15, -0.1) is 11.3 Å². The summed E-state index contributed by atoms with van der Waals surface area (Å²) < 4.78 is 0. The summed E-state index contributed by atoms with van der Waals surface area (Å²) in [6.07, 6.45) is 3.80. The highest BCUT2D eigenvalue weighted by Crippen LogP contribution is 2.39. The number of hydrogen-bond donors (Lipinski definition) is 1. The summed E-state index contributed by atoms with van der Waals surface area (Å²) in [7, 11) is 0. The Bertz CT molecular complexity index is 563. The molecule has 1 N–H and O–H groups in total. The molecule has 1 unspecified atom stereocenters. The van der Waals surface area contributed by atoms with Crippen LogP contribution in [0.5, 0.6) is 0 Å². The van der Waals surface area contributed by atoms with Crippen molar-refractivity contribution in [2.24, 2.45) is 0 Å². The predicted molar refractivity (Wildman–Crippen MR) is 65.7 cm³/mol. The molecule has 17 heavy (non-hydrogen) atoms. The fourth-order valence-electron chi connectivity index (χ4n) is 2.41. The van der Waals surface area contributed by atoms with Gasteiger partial charge in [0.05, 0.1) is 10.6 Å². The number of aromatic nitrogens is 1. The zero-order valence-corrected chi connectivity index (χ0v) is 9.91. The molecule has 1 heterocycles. The Morgan fingerprint density at radius 1 is 1.47 bits per heavy atom. The number of carboxylic acids is 1. The maximum atomic E-state index is 10.9. The highest BCUT2D eigenvalue weighted by atomic mass is 32.1. The molecule has 0 amide bonds. The zero-order valence-electron chi connectivity index (χ0n) is 9.09. The van der Waals surface area contributed by atoms with Gasteiger partial charge in [0.15, 0.2) is 0 Å². The molecule has 1 aliphatic carbocycles. The Balaban J connectivity index is 2.01. The third-order valence-electron chi connectivity index (χ3n) is 3.22. The topological polar surface area (TPSA) is 50.2 Å². The number of carbonyl (C=O) groups is 1. The quantitative estimate of drug-likeness (QED) is 0.885. The molecule has 4 heteroatoms. The van der Waals surface area contributed by atoms with Crippen LogP contribution >= 0.6 is 11.3 Å². The highest BCUT2D eigenvalue weighted by Gasteiger charge is 2.26. The Labute approximate surface area is 103 Å². The third-order valence-corrected chi connectivity index (χ3v) is 4.11. The molecule has 1 aromatic heterocycles. The summed E-state index contributed by atoms with van der Waals surface area (Å²) in [5.74, 6) is -0.502. The largest absolute Gasteiger partial charge is 0.478 e. The minimum atomic E-state index is -0.856. The SMILES string of the molecule is O=C(O)c1ccc2c(c1)CCC2c1nccs1. The molecule has 1 atom stereocenters. The molecule has 0 bridgehead atoms. The van der Waals surface area contributed by atoms with Gasteiger partial charge in [-0.3, -0.25) is 0 Å². The lowest BCUT2D eigenvalue weighted by molar-refractivity contribution is 0.0697. The van der Waals surface area contributed by atoms with Crippen LogP contribution in [0.4, 0.5) is 0 Å². The Hall–Kier alpha value is -1.68. The summed E-state index contributed by atoms with van der Waals surface area (Å²) in [5.41, 5.74) is 2.78. The number of nitrogens with zero attached hydrogens (tertiary/aromatic N) is 1. The first-order valence-electron chi connectivity index (χ1n) is 5.51. The maximum absolute atomic E-state index is 10.9. The lowest BCUT2D eigenvalue weighted by atomic mass is 10.0. The van der Waals surface area contributed by atoms with Crippen molar-refractivity contribution < 1.29 is 9.90 Å².